The standard InChI is InChI=1S/2C20H34O/c1-17(2)9-6-10-18(3)11-7-12-19(4)13-8-14-20(5)15-16-21;1-6-7-8-9-10-11-12-13-14-15-16-17-18(2)19(3)20(4,5)21/h9,11,13,15,21H,6-8,10,12,14,16H2,1-5H3;6-7,10-11,14-15,21H,8-9,12-13,16-17H2,1-5H3/b18-11+,19-13?,20-15+;. The summed E-state index contributed by atoms with van der Waals surface area (Å²) in [5.41, 5.74) is 7.37. The molecule has 0 aliphatic rings. The van der Waals surface area contributed by atoms with E-state index in [0.717, 1.165) is 76.2 Å². The molecular weight excluding hydrogens is 512 g/mol. The molecule has 0 saturated heterocycles. The van der Waals surface area contributed by atoms with E-state index < -0.39 is 5.60 Å². The molecule has 0 aromatic rings. The van der Waals surface area contributed by atoms with Gasteiger partial charge in [-0.25, -0.2) is 0 Å². The Kier molecular flexibility index (Phi) is 27.6. The predicted molar refractivity (Wildman–Crippen MR) is 191 cm³/mol. The molecule has 0 saturated carbocycles. The Morgan fingerprint density at radius 2 is 0.929 bits per heavy atom. The first-order valence-corrected chi connectivity index (χ1v) is 16.4. The van der Waals surface area contributed by atoms with Gasteiger partial charge in [-0.3, -0.25) is 0 Å². The van der Waals surface area contributed by atoms with Crippen LogP contribution in [0.5, 0.6) is 0 Å². The Labute approximate surface area is 262 Å². The van der Waals surface area contributed by atoms with Gasteiger partial charge in [0.25, 0.3) is 0 Å². The van der Waals surface area contributed by atoms with E-state index in [-0.39, 0.29) is 6.61 Å². The molecule has 0 aromatic carbocycles. The average molecular weight is 581 g/mol. The van der Waals surface area contributed by atoms with Crippen LogP contribution in [0.1, 0.15) is 146 Å². The molecule has 0 fully saturated rings. The van der Waals surface area contributed by atoms with Crippen molar-refractivity contribution in [3.8, 4) is 0 Å². The molecule has 0 rings (SSSR count). The summed E-state index contributed by atoms with van der Waals surface area (Å²) in [4.78, 5) is 0. The zero-order valence-electron chi connectivity index (χ0n) is 29.4. The lowest BCUT2D eigenvalue weighted by Gasteiger charge is -2.21. The zero-order chi connectivity index (χ0) is 32.2. The fourth-order valence-corrected chi connectivity index (χ4v) is 4.18. The molecule has 2 N–H and O–H groups in total. The first-order chi connectivity index (χ1) is 19.8. The summed E-state index contributed by atoms with van der Waals surface area (Å²) in [6, 6.07) is 0. The maximum Gasteiger partial charge on any atom is 0.0800 e. The Morgan fingerprint density at radius 3 is 1.33 bits per heavy atom. The lowest BCUT2D eigenvalue weighted by molar-refractivity contribution is 0.118. The van der Waals surface area contributed by atoms with Crippen LogP contribution in [0.15, 0.2) is 94.2 Å². The van der Waals surface area contributed by atoms with E-state index in [2.05, 4.69) is 103 Å². The van der Waals surface area contributed by atoms with Crippen LogP contribution < -0.4 is 0 Å². The third-order valence-corrected chi connectivity index (χ3v) is 7.41. The van der Waals surface area contributed by atoms with Crippen molar-refractivity contribution in [3.05, 3.63) is 94.2 Å². The third-order valence-electron chi connectivity index (χ3n) is 7.41. The van der Waals surface area contributed by atoms with E-state index in [1.54, 1.807) is 0 Å². The summed E-state index contributed by atoms with van der Waals surface area (Å²) >= 11 is 0. The Morgan fingerprint density at radius 1 is 0.524 bits per heavy atom. The molecule has 2 nitrogen and oxygen atoms in total. The molecule has 0 unspecified atom stereocenters. The van der Waals surface area contributed by atoms with E-state index >= 15 is 0 Å². The van der Waals surface area contributed by atoms with Gasteiger partial charge in [0.1, 0.15) is 0 Å². The lowest BCUT2D eigenvalue weighted by Crippen LogP contribution is -2.21. The van der Waals surface area contributed by atoms with Crippen molar-refractivity contribution in [1.82, 2.24) is 0 Å². The van der Waals surface area contributed by atoms with Gasteiger partial charge in [-0.1, -0.05) is 88.6 Å². The number of aliphatic hydroxyl groups excluding tert-OH is 1. The fraction of sp³-hybridized carbons (Fsp3) is 0.600. The number of hydrogen-bond donors (Lipinski definition) is 2. The third kappa shape index (κ3) is 29.3. The number of allylic oxidation sites excluding steroid dienone is 14. The topological polar surface area (TPSA) is 40.5 Å². The first-order valence-electron chi connectivity index (χ1n) is 16.4. The molecule has 0 radical (unpaired) electrons. The second-order valence-electron chi connectivity index (χ2n) is 12.4. The molecule has 0 bridgehead atoms. The monoisotopic (exact) mass is 581 g/mol. The normalized spacial score (nSPS) is 14.0. The van der Waals surface area contributed by atoms with E-state index in [1.165, 1.54) is 34.3 Å². The van der Waals surface area contributed by atoms with Gasteiger partial charge >= 0.3 is 0 Å². The summed E-state index contributed by atoms with van der Waals surface area (Å²) in [6.45, 7) is 20.9. The summed E-state index contributed by atoms with van der Waals surface area (Å²) in [6.07, 6.45) is 35.7. The highest BCUT2D eigenvalue weighted by molar-refractivity contribution is 5.18. The molecule has 0 aliphatic heterocycles. The van der Waals surface area contributed by atoms with Crippen molar-refractivity contribution in [3.63, 3.8) is 0 Å². The van der Waals surface area contributed by atoms with Gasteiger partial charge in [-0.2, -0.15) is 0 Å². The van der Waals surface area contributed by atoms with Crippen LogP contribution in [0.3, 0.4) is 0 Å². The predicted octanol–water partition coefficient (Wildman–Crippen LogP) is 12.2. The highest BCUT2D eigenvalue weighted by Gasteiger charge is 2.16. The Hall–Kier alpha value is -2.16. The van der Waals surface area contributed by atoms with E-state index in [9.17, 15) is 5.11 Å². The van der Waals surface area contributed by atoms with Crippen LogP contribution in [0.2, 0.25) is 0 Å². The summed E-state index contributed by atoms with van der Waals surface area (Å²) in [7, 11) is 0. The minimum atomic E-state index is -0.689. The fourth-order valence-electron chi connectivity index (χ4n) is 4.18. The number of hydrogen-bond acceptors (Lipinski definition) is 2. The van der Waals surface area contributed by atoms with E-state index in [0.29, 0.717) is 0 Å². The zero-order valence-corrected chi connectivity index (χ0v) is 29.4. The minimum Gasteiger partial charge on any atom is -0.392 e. The van der Waals surface area contributed by atoms with Crippen LogP contribution in [-0.2, 0) is 0 Å². The molecule has 0 amide bonds. The van der Waals surface area contributed by atoms with Crippen LogP contribution >= 0.6 is 0 Å². The molecule has 0 atom stereocenters. The molecular formula is C40H68O2. The van der Waals surface area contributed by atoms with Gasteiger partial charge in [-0.15, -0.1) is 0 Å². The van der Waals surface area contributed by atoms with Crippen molar-refractivity contribution in [2.45, 2.75) is 152 Å². The van der Waals surface area contributed by atoms with Gasteiger partial charge in [0.2, 0.25) is 0 Å². The number of aliphatic hydroxyl groups is 2. The van der Waals surface area contributed by atoms with Crippen LogP contribution in [0.4, 0.5) is 0 Å². The molecule has 0 heterocycles. The van der Waals surface area contributed by atoms with Crippen LogP contribution in [0.25, 0.3) is 0 Å². The van der Waals surface area contributed by atoms with Gasteiger partial charge in [0.15, 0.2) is 0 Å². The van der Waals surface area contributed by atoms with Gasteiger partial charge in [0, 0.05) is 0 Å². The minimum absolute atomic E-state index is 0.158. The molecule has 2 heteroatoms. The molecule has 42 heavy (non-hydrogen) atoms. The molecule has 0 aromatic heterocycles. The smallest absolute Gasteiger partial charge is 0.0800 e. The van der Waals surface area contributed by atoms with Gasteiger partial charge < -0.3 is 10.2 Å². The molecule has 0 aliphatic carbocycles. The van der Waals surface area contributed by atoms with Crippen LogP contribution in [0, 0.1) is 0 Å². The summed E-state index contributed by atoms with van der Waals surface area (Å²) < 4.78 is 0. The molecule has 0 spiro atoms. The van der Waals surface area contributed by atoms with E-state index in [4.69, 9.17) is 5.11 Å². The van der Waals surface area contributed by atoms with E-state index in [1.807, 2.05) is 26.8 Å². The highest BCUT2D eigenvalue weighted by Crippen LogP contribution is 2.21. The summed E-state index contributed by atoms with van der Waals surface area (Å²) in [5.74, 6) is 0. The average Bonchev–Trinajstić information content (AvgIpc) is 2.91. The van der Waals surface area contributed by atoms with Crippen LogP contribution in [-0.4, -0.2) is 22.4 Å². The SMILES string of the molecule is CC(C)=CCC/C(C)=C/CCC(C)=CCC/C(C)=C/CO.CC=CCCC=CCCC=CCCC(C)=C(C)C(C)(C)O. The summed E-state index contributed by atoms with van der Waals surface area (Å²) in [5, 5.41) is 18.7. The Bertz CT molecular complexity index is 919. The number of rotatable bonds is 20. The van der Waals surface area contributed by atoms with Gasteiger partial charge in [-0.05, 0) is 152 Å². The second kappa shape index (κ2) is 27.7. The molecule has 240 valence electrons. The largest absolute Gasteiger partial charge is 0.392 e. The first kappa shape index (κ1) is 42.0. The highest BCUT2D eigenvalue weighted by atomic mass is 16.3. The lowest BCUT2D eigenvalue weighted by atomic mass is 9.93. The maximum atomic E-state index is 9.95. The van der Waals surface area contributed by atoms with Crippen molar-refractivity contribution in [2.24, 2.45) is 0 Å². The number of unbranched alkanes of at least 4 members (excludes halogenated alkanes) is 2. The van der Waals surface area contributed by atoms with Crippen molar-refractivity contribution in [2.75, 3.05) is 6.61 Å². The Balaban J connectivity index is 0. The quantitative estimate of drug-likeness (QED) is 0.111. The second-order valence-corrected chi connectivity index (χ2v) is 12.4. The maximum absolute atomic E-state index is 9.95. The van der Waals surface area contributed by atoms with Crippen molar-refractivity contribution >= 4 is 0 Å². The van der Waals surface area contributed by atoms with Crippen molar-refractivity contribution in [1.29, 1.82) is 0 Å². The van der Waals surface area contributed by atoms with Gasteiger partial charge in [0.05, 0.1) is 12.2 Å². The van der Waals surface area contributed by atoms with Crippen molar-refractivity contribution < 1.29 is 10.2 Å².